The standard InChI is InChI=1S/C16H23FN2O3/c1-11(22-14-4-2-3-13(17)9-14)10-19-16(20)15(18)12-5-7-21-8-6-12/h2-4,9,11-12,15H,5-8,10,18H2,1H3,(H,19,20). The molecule has 0 spiro atoms. The lowest BCUT2D eigenvalue weighted by atomic mass is 9.92. The minimum absolute atomic E-state index is 0.160. The molecule has 1 fully saturated rings. The number of nitrogens with two attached hydrogens (primary N) is 1. The van der Waals surface area contributed by atoms with Crippen LogP contribution in [0, 0.1) is 11.7 Å². The summed E-state index contributed by atoms with van der Waals surface area (Å²) in [5.74, 6) is 0.0699. The second-order valence-corrected chi connectivity index (χ2v) is 5.61. The van der Waals surface area contributed by atoms with Crippen molar-refractivity contribution in [3.05, 3.63) is 30.1 Å². The number of carbonyl (C=O) groups is 1. The van der Waals surface area contributed by atoms with Crippen molar-refractivity contribution in [1.82, 2.24) is 5.32 Å². The van der Waals surface area contributed by atoms with Gasteiger partial charge in [-0.25, -0.2) is 4.39 Å². The summed E-state index contributed by atoms with van der Waals surface area (Å²) < 4.78 is 23.9. The number of halogens is 1. The molecule has 1 heterocycles. The molecule has 1 amide bonds. The molecule has 22 heavy (non-hydrogen) atoms. The lowest BCUT2D eigenvalue weighted by molar-refractivity contribution is -0.124. The fourth-order valence-corrected chi connectivity index (χ4v) is 2.47. The van der Waals surface area contributed by atoms with Crippen LogP contribution in [0.15, 0.2) is 24.3 Å². The van der Waals surface area contributed by atoms with Crippen LogP contribution in [0.3, 0.4) is 0 Å². The van der Waals surface area contributed by atoms with Gasteiger partial charge < -0.3 is 20.5 Å². The first-order valence-electron chi connectivity index (χ1n) is 7.59. The number of amides is 1. The maximum atomic E-state index is 13.1. The third kappa shape index (κ3) is 4.96. The molecule has 0 aromatic heterocycles. The van der Waals surface area contributed by atoms with E-state index < -0.39 is 6.04 Å². The molecule has 0 aliphatic carbocycles. The first kappa shape index (κ1) is 16.7. The Morgan fingerprint density at radius 3 is 2.91 bits per heavy atom. The smallest absolute Gasteiger partial charge is 0.237 e. The van der Waals surface area contributed by atoms with E-state index in [-0.39, 0.29) is 23.7 Å². The van der Waals surface area contributed by atoms with Crippen molar-refractivity contribution in [1.29, 1.82) is 0 Å². The van der Waals surface area contributed by atoms with Gasteiger partial charge in [-0.2, -0.15) is 0 Å². The Kier molecular flexibility index (Phi) is 6.15. The van der Waals surface area contributed by atoms with E-state index in [1.54, 1.807) is 12.1 Å². The molecule has 122 valence electrons. The molecule has 0 bridgehead atoms. The fourth-order valence-electron chi connectivity index (χ4n) is 2.47. The molecule has 0 radical (unpaired) electrons. The van der Waals surface area contributed by atoms with E-state index in [4.69, 9.17) is 15.2 Å². The van der Waals surface area contributed by atoms with Gasteiger partial charge in [-0.15, -0.1) is 0 Å². The van der Waals surface area contributed by atoms with E-state index >= 15 is 0 Å². The van der Waals surface area contributed by atoms with Crippen LogP contribution in [0.2, 0.25) is 0 Å². The second-order valence-electron chi connectivity index (χ2n) is 5.61. The summed E-state index contributed by atoms with van der Waals surface area (Å²) in [5.41, 5.74) is 5.99. The minimum atomic E-state index is -0.523. The molecule has 1 aromatic carbocycles. The zero-order valence-corrected chi connectivity index (χ0v) is 12.8. The van der Waals surface area contributed by atoms with Crippen LogP contribution in [0.4, 0.5) is 4.39 Å². The van der Waals surface area contributed by atoms with Crippen molar-refractivity contribution in [2.75, 3.05) is 19.8 Å². The first-order chi connectivity index (χ1) is 10.6. The van der Waals surface area contributed by atoms with Gasteiger partial charge in [0.2, 0.25) is 5.91 Å². The van der Waals surface area contributed by atoms with Gasteiger partial charge in [-0.3, -0.25) is 4.79 Å². The zero-order valence-electron chi connectivity index (χ0n) is 12.8. The van der Waals surface area contributed by atoms with Crippen LogP contribution in [0.5, 0.6) is 5.75 Å². The molecule has 2 rings (SSSR count). The molecule has 6 heteroatoms. The predicted molar refractivity (Wildman–Crippen MR) is 81.0 cm³/mol. The van der Waals surface area contributed by atoms with E-state index in [2.05, 4.69) is 5.32 Å². The molecule has 2 unspecified atom stereocenters. The van der Waals surface area contributed by atoms with Crippen LogP contribution >= 0.6 is 0 Å². The second kappa shape index (κ2) is 8.10. The van der Waals surface area contributed by atoms with Crippen molar-refractivity contribution < 1.29 is 18.7 Å². The van der Waals surface area contributed by atoms with Gasteiger partial charge in [0.25, 0.3) is 0 Å². The maximum Gasteiger partial charge on any atom is 0.237 e. The molecule has 5 nitrogen and oxygen atoms in total. The van der Waals surface area contributed by atoms with Crippen molar-refractivity contribution in [3.8, 4) is 5.75 Å². The van der Waals surface area contributed by atoms with Crippen molar-refractivity contribution >= 4 is 5.91 Å². The Bertz CT molecular complexity index is 492. The highest BCUT2D eigenvalue weighted by Crippen LogP contribution is 2.17. The molecular formula is C16H23FN2O3. The Morgan fingerprint density at radius 1 is 1.50 bits per heavy atom. The van der Waals surface area contributed by atoms with E-state index in [1.807, 2.05) is 6.92 Å². The van der Waals surface area contributed by atoms with Crippen molar-refractivity contribution in [2.45, 2.75) is 31.9 Å². The number of benzene rings is 1. The number of carbonyl (C=O) groups excluding carboxylic acids is 1. The molecule has 1 aliphatic rings. The van der Waals surface area contributed by atoms with Crippen LogP contribution in [-0.4, -0.2) is 37.8 Å². The fraction of sp³-hybridized carbons (Fsp3) is 0.562. The molecule has 0 saturated carbocycles. The number of nitrogens with one attached hydrogen (secondary N) is 1. The highest BCUT2D eigenvalue weighted by Gasteiger charge is 2.26. The third-order valence-corrected chi connectivity index (χ3v) is 3.77. The SMILES string of the molecule is CC(CNC(=O)C(N)C1CCOCC1)Oc1cccc(F)c1. The summed E-state index contributed by atoms with van der Waals surface area (Å²) in [7, 11) is 0. The number of rotatable bonds is 6. The highest BCUT2D eigenvalue weighted by molar-refractivity contribution is 5.81. The number of ether oxygens (including phenoxy) is 2. The van der Waals surface area contributed by atoms with Gasteiger partial charge in [-0.1, -0.05) is 6.07 Å². The molecular weight excluding hydrogens is 287 g/mol. The Morgan fingerprint density at radius 2 is 2.23 bits per heavy atom. The van der Waals surface area contributed by atoms with E-state index in [9.17, 15) is 9.18 Å². The van der Waals surface area contributed by atoms with Crippen molar-refractivity contribution in [3.63, 3.8) is 0 Å². The van der Waals surface area contributed by atoms with Gasteiger partial charge >= 0.3 is 0 Å². The summed E-state index contributed by atoms with van der Waals surface area (Å²) >= 11 is 0. The summed E-state index contributed by atoms with van der Waals surface area (Å²) in [6, 6.07) is 5.40. The quantitative estimate of drug-likeness (QED) is 0.834. The van der Waals surface area contributed by atoms with Gasteiger partial charge in [-0.05, 0) is 37.8 Å². The largest absolute Gasteiger partial charge is 0.489 e. The van der Waals surface area contributed by atoms with Gasteiger partial charge in [0.15, 0.2) is 0 Å². The lowest BCUT2D eigenvalue weighted by Gasteiger charge is -2.27. The molecule has 3 N–H and O–H groups in total. The van der Waals surface area contributed by atoms with Gasteiger partial charge in [0, 0.05) is 19.3 Å². The van der Waals surface area contributed by atoms with E-state index in [0.717, 1.165) is 12.8 Å². The molecule has 1 aliphatic heterocycles. The zero-order chi connectivity index (χ0) is 15.9. The topological polar surface area (TPSA) is 73.6 Å². The summed E-state index contributed by atoms with van der Waals surface area (Å²) in [6.45, 7) is 3.45. The van der Waals surface area contributed by atoms with E-state index in [1.165, 1.54) is 12.1 Å². The Hall–Kier alpha value is -1.66. The van der Waals surface area contributed by atoms with Gasteiger partial charge in [0.05, 0.1) is 12.6 Å². The average Bonchev–Trinajstić information content (AvgIpc) is 2.52. The average molecular weight is 310 g/mol. The normalized spacial score (nSPS) is 18.5. The molecule has 1 aromatic rings. The lowest BCUT2D eigenvalue weighted by Crippen LogP contribution is -2.48. The van der Waals surface area contributed by atoms with Crippen LogP contribution < -0.4 is 15.8 Å². The maximum absolute atomic E-state index is 13.1. The van der Waals surface area contributed by atoms with E-state index in [0.29, 0.717) is 25.5 Å². The van der Waals surface area contributed by atoms with Crippen LogP contribution in [0.25, 0.3) is 0 Å². The monoisotopic (exact) mass is 310 g/mol. The minimum Gasteiger partial charge on any atom is -0.489 e. The third-order valence-electron chi connectivity index (χ3n) is 3.77. The summed E-state index contributed by atoms with van der Waals surface area (Å²) in [5, 5.41) is 2.79. The first-order valence-corrected chi connectivity index (χ1v) is 7.59. The number of hydrogen-bond donors (Lipinski definition) is 2. The molecule has 2 atom stereocenters. The Balaban J connectivity index is 1.75. The van der Waals surface area contributed by atoms with Crippen molar-refractivity contribution in [2.24, 2.45) is 11.7 Å². The summed E-state index contributed by atoms with van der Waals surface area (Å²) in [4.78, 5) is 12.1. The van der Waals surface area contributed by atoms with Crippen LogP contribution in [-0.2, 0) is 9.53 Å². The predicted octanol–water partition coefficient (Wildman–Crippen LogP) is 1.46. The highest BCUT2D eigenvalue weighted by atomic mass is 19.1. The summed E-state index contributed by atoms with van der Waals surface area (Å²) in [6.07, 6.45) is 1.35. The Labute approximate surface area is 130 Å². The molecule has 1 saturated heterocycles. The number of hydrogen-bond acceptors (Lipinski definition) is 4. The van der Waals surface area contributed by atoms with Gasteiger partial charge in [0.1, 0.15) is 17.7 Å². The van der Waals surface area contributed by atoms with Crippen LogP contribution in [0.1, 0.15) is 19.8 Å².